The SMILES string of the molecule is Cc1nc(CCNCC2(O)CCCCC2)cs1. The van der Waals surface area contributed by atoms with Gasteiger partial charge in [0.2, 0.25) is 0 Å². The van der Waals surface area contributed by atoms with Crippen LogP contribution >= 0.6 is 11.3 Å². The third-order valence-corrected chi connectivity index (χ3v) is 4.29. The maximum atomic E-state index is 10.3. The standard InChI is InChI=1S/C13H22N2OS/c1-11-15-12(9-17-11)5-8-14-10-13(16)6-3-2-4-7-13/h9,14,16H,2-8,10H2,1H3. The van der Waals surface area contributed by atoms with Crippen LogP contribution in [0.1, 0.15) is 42.8 Å². The molecule has 2 N–H and O–H groups in total. The van der Waals surface area contributed by atoms with Gasteiger partial charge in [0.15, 0.2) is 0 Å². The molecule has 3 nitrogen and oxygen atoms in total. The molecule has 0 unspecified atom stereocenters. The van der Waals surface area contributed by atoms with Crippen molar-refractivity contribution in [3.8, 4) is 0 Å². The van der Waals surface area contributed by atoms with Gasteiger partial charge in [-0.05, 0) is 19.8 Å². The zero-order valence-electron chi connectivity index (χ0n) is 10.5. The van der Waals surface area contributed by atoms with E-state index in [1.807, 2.05) is 6.92 Å². The summed E-state index contributed by atoms with van der Waals surface area (Å²) in [6.45, 7) is 3.67. The maximum Gasteiger partial charge on any atom is 0.0897 e. The predicted octanol–water partition coefficient (Wildman–Crippen LogP) is 2.28. The molecular formula is C13H22N2OS. The molecule has 0 saturated heterocycles. The monoisotopic (exact) mass is 254 g/mol. The second kappa shape index (κ2) is 5.94. The summed E-state index contributed by atoms with van der Waals surface area (Å²) in [7, 11) is 0. The molecule has 0 radical (unpaired) electrons. The van der Waals surface area contributed by atoms with Crippen molar-refractivity contribution < 1.29 is 5.11 Å². The smallest absolute Gasteiger partial charge is 0.0897 e. The lowest BCUT2D eigenvalue weighted by Gasteiger charge is -2.32. The second-order valence-electron chi connectivity index (χ2n) is 5.07. The molecular weight excluding hydrogens is 232 g/mol. The molecule has 1 saturated carbocycles. The lowest BCUT2D eigenvalue weighted by Crippen LogP contribution is -2.42. The summed E-state index contributed by atoms with van der Waals surface area (Å²) in [6.07, 6.45) is 6.49. The highest BCUT2D eigenvalue weighted by Crippen LogP contribution is 2.27. The van der Waals surface area contributed by atoms with Crippen LogP contribution in [0.25, 0.3) is 0 Å². The number of rotatable bonds is 5. The zero-order valence-corrected chi connectivity index (χ0v) is 11.4. The predicted molar refractivity (Wildman–Crippen MR) is 71.5 cm³/mol. The Morgan fingerprint density at radius 3 is 2.82 bits per heavy atom. The number of hydrogen-bond acceptors (Lipinski definition) is 4. The maximum absolute atomic E-state index is 10.3. The minimum atomic E-state index is -0.448. The van der Waals surface area contributed by atoms with Crippen molar-refractivity contribution in [1.29, 1.82) is 0 Å². The van der Waals surface area contributed by atoms with E-state index in [1.165, 1.54) is 19.3 Å². The summed E-state index contributed by atoms with van der Waals surface area (Å²) in [5.74, 6) is 0. The number of aromatic nitrogens is 1. The summed E-state index contributed by atoms with van der Waals surface area (Å²) < 4.78 is 0. The Labute approximate surface area is 107 Å². The first kappa shape index (κ1) is 13.0. The minimum absolute atomic E-state index is 0.448. The van der Waals surface area contributed by atoms with Crippen molar-refractivity contribution in [3.63, 3.8) is 0 Å². The Bertz CT molecular complexity index is 345. The van der Waals surface area contributed by atoms with Gasteiger partial charge in [0, 0.05) is 24.9 Å². The van der Waals surface area contributed by atoms with Crippen LogP contribution in [-0.4, -0.2) is 28.8 Å². The van der Waals surface area contributed by atoms with E-state index in [9.17, 15) is 5.11 Å². The minimum Gasteiger partial charge on any atom is -0.389 e. The van der Waals surface area contributed by atoms with E-state index in [-0.39, 0.29) is 0 Å². The molecule has 0 aliphatic heterocycles. The van der Waals surface area contributed by atoms with Gasteiger partial charge in [-0.1, -0.05) is 19.3 Å². The summed E-state index contributed by atoms with van der Waals surface area (Å²) in [5.41, 5.74) is 0.714. The molecule has 17 heavy (non-hydrogen) atoms. The molecule has 1 aliphatic carbocycles. The van der Waals surface area contributed by atoms with Crippen LogP contribution in [0.4, 0.5) is 0 Å². The molecule has 1 aromatic rings. The third kappa shape index (κ3) is 4.05. The molecule has 0 bridgehead atoms. The Kier molecular flexibility index (Phi) is 4.54. The van der Waals surface area contributed by atoms with Gasteiger partial charge in [-0.3, -0.25) is 0 Å². The Morgan fingerprint density at radius 1 is 1.41 bits per heavy atom. The van der Waals surface area contributed by atoms with Crippen molar-refractivity contribution in [2.45, 2.75) is 51.0 Å². The van der Waals surface area contributed by atoms with Crippen molar-refractivity contribution in [2.75, 3.05) is 13.1 Å². The van der Waals surface area contributed by atoms with E-state index < -0.39 is 5.60 Å². The molecule has 1 aromatic heterocycles. The molecule has 1 heterocycles. The number of nitrogens with zero attached hydrogens (tertiary/aromatic N) is 1. The van der Waals surface area contributed by atoms with Crippen LogP contribution in [0, 0.1) is 6.92 Å². The average Bonchev–Trinajstić information content (AvgIpc) is 2.72. The number of aryl methyl sites for hydroxylation is 1. The summed E-state index contributed by atoms with van der Waals surface area (Å²) >= 11 is 1.70. The molecule has 0 aromatic carbocycles. The number of nitrogens with one attached hydrogen (secondary N) is 1. The van der Waals surface area contributed by atoms with Crippen LogP contribution in [0.2, 0.25) is 0 Å². The number of hydrogen-bond donors (Lipinski definition) is 2. The molecule has 1 fully saturated rings. The zero-order chi connectivity index (χ0) is 12.1. The number of thiazole rings is 1. The Morgan fingerprint density at radius 2 is 2.18 bits per heavy atom. The van der Waals surface area contributed by atoms with Gasteiger partial charge < -0.3 is 10.4 Å². The normalized spacial score (nSPS) is 19.4. The molecule has 0 atom stereocenters. The van der Waals surface area contributed by atoms with E-state index >= 15 is 0 Å². The van der Waals surface area contributed by atoms with E-state index in [0.717, 1.165) is 43.1 Å². The van der Waals surface area contributed by atoms with Crippen LogP contribution in [0.3, 0.4) is 0 Å². The fraction of sp³-hybridized carbons (Fsp3) is 0.769. The Hall–Kier alpha value is -0.450. The molecule has 1 aliphatic rings. The van der Waals surface area contributed by atoms with Gasteiger partial charge in [0.05, 0.1) is 16.3 Å². The van der Waals surface area contributed by atoms with E-state index in [0.29, 0.717) is 0 Å². The fourth-order valence-corrected chi connectivity index (χ4v) is 3.09. The molecule has 2 rings (SSSR count). The first-order valence-corrected chi connectivity index (χ1v) is 7.40. The van der Waals surface area contributed by atoms with Gasteiger partial charge in [-0.15, -0.1) is 11.3 Å². The van der Waals surface area contributed by atoms with Crippen molar-refractivity contribution in [1.82, 2.24) is 10.3 Å². The third-order valence-electron chi connectivity index (χ3n) is 3.46. The van der Waals surface area contributed by atoms with Crippen LogP contribution < -0.4 is 5.32 Å². The topological polar surface area (TPSA) is 45.2 Å². The molecule has 96 valence electrons. The lowest BCUT2D eigenvalue weighted by molar-refractivity contribution is 0.00516. The second-order valence-corrected chi connectivity index (χ2v) is 6.13. The van der Waals surface area contributed by atoms with Crippen LogP contribution in [-0.2, 0) is 6.42 Å². The quantitative estimate of drug-likeness (QED) is 0.792. The van der Waals surface area contributed by atoms with Gasteiger partial charge >= 0.3 is 0 Å². The fourth-order valence-electron chi connectivity index (χ4n) is 2.45. The molecule has 0 amide bonds. The lowest BCUT2D eigenvalue weighted by atomic mass is 9.85. The van der Waals surface area contributed by atoms with E-state index in [1.54, 1.807) is 11.3 Å². The highest BCUT2D eigenvalue weighted by atomic mass is 32.1. The van der Waals surface area contributed by atoms with Gasteiger partial charge in [-0.25, -0.2) is 4.98 Å². The van der Waals surface area contributed by atoms with Crippen LogP contribution in [0.15, 0.2) is 5.38 Å². The molecule has 4 heteroatoms. The van der Waals surface area contributed by atoms with E-state index in [2.05, 4.69) is 15.7 Å². The first-order chi connectivity index (χ1) is 8.18. The van der Waals surface area contributed by atoms with Gasteiger partial charge in [-0.2, -0.15) is 0 Å². The van der Waals surface area contributed by atoms with Crippen molar-refractivity contribution in [2.24, 2.45) is 0 Å². The average molecular weight is 254 g/mol. The first-order valence-electron chi connectivity index (χ1n) is 6.52. The van der Waals surface area contributed by atoms with Crippen LogP contribution in [0.5, 0.6) is 0 Å². The van der Waals surface area contributed by atoms with E-state index in [4.69, 9.17) is 0 Å². The molecule has 0 spiro atoms. The summed E-state index contributed by atoms with van der Waals surface area (Å²) in [6, 6.07) is 0. The van der Waals surface area contributed by atoms with Gasteiger partial charge in [0.1, 0.15) is 0 Å². The largest absolute Gasteiger partial charge is 0.389 e. The Balaban J connectivity index is 1.65. The van der Waals surface area contributed by atoms with Gasteiger partial charge in [0.25, 0.3) is 0 Å². The number of aliphatic hydroxyl groups is 1. The highest BCUT2D eigenvalue weighted by molar-refractivity contribution is 7.09. The summed E-state index contributed by atoms with van der Waals surface area (Å²) in [5, 5.41) is 16.9. The summed E-state index contributed by atoms with van der Waals surface area (Å²) in [4.78, 5) is 4.43. The van der Waals surface area contributed by atoms with Crippen molar-refractivity contribution >= 4 is 11.3 Å². The van der Waals surface area contributed by atoms with Crippen molar-refractivity contribution in [3.05, 3.63) is 16.1 Å². The highest BCUT2D eigenvalue weighted by Gasteiger charge is 2.28.